The molecule has 3 nitrogen and oxygen atoms in total. The normalized spacial score (nSPS) is 14.5. The minimum absolute atomic E-state index is 0.00322. The van der Waals surface area contributed by atoms with E-state index in [0.717, 1.165) is 31.2 Å². The van der Waals surface area contributed by atoms with E-state index in [0.29, 0.717) is 6.54 Å². The Bertz CT molecular complexity index is 712. The molecule has 0 saturated heterocycles. The van der Waals surface area contributed by atoms with Gasteiger partial charge >= 0.3 is 0 Å². The summed E-state index contributed by atoms with van der Waals surface area (Å²) in [5, 5.41) is 2.75. The van der Waals surface area contributed by atoms with Crippen LogP contribution in [0.4, 0.5) is 14.5 Å². The molecule has 0 unspecified atom stereocenters. The van der Waals surface area contributed by atoms with Crippen molar-refractivity contribution in [2.45, 2.75) is 19.4 Å². The number of amides is 1. The number of hydrogen-bond acceptors (Lipinski definition) is 2. The molecule has 5 heteroatoms. The number of fused-ring (bicyclic) bond motifs is 1. The van der Waals surface area contributed by atoms with Crippen LogP contribution in [-0.2, 0) is 6.42 Å². The van der Waals surface area contributed by atoms with Crippen molar-refractivity contribution in [3.05, 3.63) is 65.2 Å². The van der Waals surface area contributed by atoms with Crippen LogP contribution in [0.25, 0.3) is 0 Å². The summed E-state index contributed by atoms with van der Waals surface area (Å²) in [5.41, 5.74) is 2.49. The van der Waals surface area contributed by atoms with E-state index in [1.54, 1.807) is 0 Å². The van der Waals surface area contributed by atoms with Gasteiger partial charge in [0.05, 0.1) is 0 Å². The first-order chi connectivity index (χ1) is 11.0. The van der Waals surface area contributed by atoms with E-state index in [4.69, 9.17) is 0 Å². The maximum Gasteiger partial charge on any atom is 0.251 e. The van der Waals surface area contributed by atoms with Gasteiger partial charge in [-0.2, -0.15) is 0 Å². The van der Waals surface area contributed by atoms with Gasteiger partial charge in [-0.1, -0.05) is 18.2 Å². The number of hydrogen-bond donors (Lipinski definition) is 1. The zero-order valence-corrected chi connectivity index (χ0v) is 12.9. The average molecular weight is 316 g/mol. The molecule has 120 valence electrons. The molecule has 1 N–H and O–H groups in total. The van der Waals surface area contributed by atoms with Crippen LogP contribution in [-0.4, -0.2) is 25.0 Å². The molecule has 1 amide bonds. The molecule has 2 aromatic carbocycles. The molecule has 1 heterocycles. The van der Waals surface area contributed by atoms with Gasteiger partial charge in [0.1, 0.15) is 11.6 Å². The van der Waals surface area contributed by atoms with Crippen molar-refractivity contribution >= 4 is 11.6 Å². The lowest BCUT2D eigenvalue weighted by atomic mass is 10.1. The highest BCUT2D eigenvalue weighted by atomic mass is 19.1. The molecule has 0 radical (unpaired) electrons. The second-order valence-electron chi connectivity index (χ2n) is 5.79. The number of rotatable bonds is 4. The van der Waals surface area contributed by atoms with Crippen LogP contribution in [0.1, 0.15) is 22.8 Å². The molecule has 1 aliphatic rings. The molecule has 1 atom stereocenters. The van der Waals surface area contributed by atoms with Crippen LogP contribution < -0.4 is 10.2 Å². The Morgan fingerprint density at radius 1 is 1.22 bits per heavy atom. The highest BCUT2D eigenvalue weighted by Gasteiger charge is 2.23. The summed E-state index contributed by atoms with van der Waals surface area (Å²) in [6, 6.07) is 11.1. The number of nitrogens with one attached hydrogen (secondary N) is 1. The smallest absolute Gasteiger partial charge is 0.251 e. The molecule has 0 aliphatic carbocycles. The van der Waals surface area contributed by atoms with Crippen LogP contribution in [0, 0.1) is 11.6 Å². The van der Waals surface area contributed by atoms with E-state index in [2.05, 4.69) is 22.3 Å². The van der Waals surface area contributed by atoms with Crippen molar-refractivity contribution in [1.29, 1.82) is 0 Å². The summed E-state index contributed by atoms with van der Waals surface area (Å²) in [4.78, 5) is 14.3. The monoisotopic (exact) mass is 316 g/mol. The number of nitrogens with zero attached hydrogens (tertiary/aromatic N) is 1. The van der Waals surface area contributed by atoms with Gasteiger partial charge in [-0.25, -0.2) is 8.78 Å². The summed E-state index contributed by atoms with van der Waals surface area (Å²) >= 11 is 0. The molecule has 0 fully saturated rings. The van der Waals surface area contributed by atoms with Gasteiger partial charge in [0, 0.05) is 36.4 Å². The highest BCUT2D eigenvalue weighted by molar-refractivity contribution is 5.94. The van der Waals surface area contributed by atoms with Crippen molar-refractivity contribution < 1.29 is 13.6 Å². The van der Waals surface area contributed by atoms with Gasteiger partial charge in [0.2, 0.25) is 0 Å². The van der Waals surface area contributed by atoms with Gasteiger partial charge in [-0.05, 0) is 37.1 Å². The Labute approximate surface area is 133 Å². The fourth-order valence-electron chi connectivity index (χ4n) is 2.96. The van der Waals surface area contributed by atoms with Crippen molar-refractivity contribution in [3.8, 4) is 0 Å². The molecule has 3 rings (SSSR count). The number of carbonyl (C=O) groups excluding carboxylic acids is 1. The van der Waals surface area contributed by atoms with Gasteiger partial charge < -0.3 is 10.2 Å². The molecule has 1 aliphatic heterocycles. The zero-order valence-electron chi connectivity index (χ0n) is 12.9. The Morgan fingerprint density at radius 3 is 2.65 bits per heavy atom. The van der Waals surface area contributed by atoms with Crippen molar-refractivity contribution in [2.24, 2.45) is 0 Å². The number of carbonyl (C=O) groups is 1. The average Bonchev–Trinajstić information content (AvgIpc) is 2.95. The topological polar surface area (TPSA) is 32.3 Å². The Morgan fingerprint density at radius 2 is 1.91 bits per heavy atom. The van der Waals surface area contributed by atoms with Crippen LogP contribution in [0.15, 0.2) is 42.5 Å². The van der Waals surface area contributed by atoms with Crippen molar-refractivity contribution in [2.75, 3.05) is 18.0 Å². The predicted octanol–water partition coefficient (Wildman–Crippen LogP) is 3.15. The van der Waals surface area contributed by atoms with Crippen LogP contribution in [0.3, 0.4) is 0 Å². The number of anilines is 1. The fraction of sp³-hybridized carbons (Fsp3) is 0.278. The number of benzene rings is 2. The first-order valence-corrected chi connectivity index (χ1v) is 7.63. The molecule has 23 heavy (non-hydrogen) atoms. The maximum atomic E-state index is 13.2. The first-order valence-electron chi connectivity index (χ1n) is 7.63. The Balaban J connectivity index is 1.63. The highest BCUT2D eigenvalue weighted by Crippen LogP contribution is 2.28. The van der Waals surface area contributed by atoms with E-state index in [9.17, 15) is 13.6 Å². The summed E-state index contributed by atoms with van der Waals surface area (Å²) in [7, 11) is 0. The van der Waals surface area contributed by atoms with E-state index < -0.39 is 17.5 Å². The number of halogens is 2. The molecule has 0 aromatic heterocycles. The lowest BCUT2D eigenvalue weighted by Gasteiger charge is -2.27. The zero-order chi connectivity index (χ0) is 16.4. The minimum Gasteiger partial charge on any atom is -0.366 e. The predicted molar refractivity (Wildman–Crippen MR) is 85.6 cm³/mol. The summed E-state index contributed by atoms with van der Waals surface area (Å²) < 4.78 is 26.3. The Hall–Kier alpha value is -2.43. The quantitative estimate of drug-likeness (QED) is 0.940. The largest absolute Gasteiger partial charge is 0.366 e. The van der Waals surface area contributed by atoms with Crippen molar-refractivity contribution in [3.63, 3.8) is 0 Å². The summed E-state index contributed by atoms with van der Waals surface area (Å²) in [6.45, 7) is 3.34. The molecule has 0 saturated carbocycles. The first kappa shape index (κ1) is 15.5. The van der Waals surface area contributed by atoms with Crippen molar-refractivity contribution in [1.82, 2.24) is 5.32 Å². The van der Waals surface area contributed by atoms with Gasteiger partial charge in [0.25, 0.3) is 5.91 Å². The van der Waals surface area contributed by atoms with Crippen LogP contribution in [0.2, 0.25) is 0 Å². The SMILES string of the molecule is C[C@H](CNC(=O)c1cc(F)cc(F)c1)N1CCc2ccccc21. The lowest BCUT2D eigenvalue weighted by Crippen LogP contribution is -2.41. The third kappa shape index (κ3) is 3.33. The number of para-hydroxylation sites is 1. The van der Waals surface area contributed by atoms with Gasteiger partial charge in [0.15, 0.2) is 0 Å². The fourth-order valence-corrected chi connectivity index (χ4v) is 2.96. The standard InChI is InChI=1S/C18H18F2N2O/c1-12(22-7-6-13-4-2-3-5-17(13)22)11-21-18(23)14-8-15(19)10-16(20)9-14/h2-5,8-10,12H,6-7,11H2,1H3,(H,21,23)/t12-/m1/s1. The third-order valence-electron chi connectivity index (χ3n) is 4.14. The molecular formula is C18H18F2N2O. The van der Waals surface area contributed by atoms with E-state index in [-0.39, 0.29) is 11.6 Å². The molecule has 0 bridgehead atoms. The van der Waals surface area contributed by atoms with E-state index in [1.165, 1.54) is 11.3 Å². The lowest BCUT2D eigenvalue weighted by molar-refractivity contribution is 0.0950. The van der Waals surface area contributed by atoms with E-state index >= 15 is 0 Å². The maximum absolute atomic E-state index is 13.2. The molecular weight excluding hydrogens is 298 g/mol. The molecule has 0 spiro atoms. The second kappa shape index (κ2) is 6.36. The minimum atomic E-state index is -0.753. The van der Waals surface area contributed by atoms with E-state index in [1.807, 2.05) is 19.1 Å². The van der Waals surface area contributed by atoms with Crippen LogP contribution >= 0.6 is 0 Å². The summed E-state index contributed by atoms with van der Waals surface area (Å²) in [5.74, 6) is -1.98. The van der Waals surface area contributed by atoms with Gasteiger partial charge in [-0.3, -0.25) is 4.79 Å². The van der Waals surface area contributed by atoms with Crippen LogP contribution in [0.5, 0.6) is 0 Å². The summed E-state index contributed by atoms with van der Waals surface area (Å²) in [6.07, 6.45) is 0.990. The van der Waals surface area contributed by atoms with Gasteiger partial charge in [-0.15, -0.1) is 0 Å². The second-order valence-corrected chi connectivity index (χ2v) is 5.79. The Kier molecular flexibility index (Phi) is 4.28. The third-order valence-corrected chi connectivity index (χ3v) is 4.14. The molecule has 2 aromatic rings.